The molecular weight excluding hydrogens is 374 g/mol. The van der Waals surface area contributed by atoms with Gasteiger partial charge in [0.25, 0.3) is 5.91 Å². The summed E-state index contributed by atoms with van der Waals surface area (Å²) in [7, 11) is 0. The van der Waals surface area contributed by atoms with Crippen LogP contribution in [0.5, 0.6) is 11.5 Å². The molecule has 1 N–H and O–H groups in total. The molecule has 1 saturated heterocycles. The molecule has 0 unspecified atom stereocenters. The van der Waals surface area contributed by atoms with Crippen molar-refractivity contribution in [3.8, 4) is 11.5 Å². The fourth-order valence-corrected chi connectivity index (χ4v) is 3.89. The summed E-state index contributed by atoms with van der Waals surface area (Å²) in [6.07, 6.45) is 2.03. The molecule has 3 rings (SSSR count). The smallest absolute Gasteiger partial charge is 0.303 e. The fourth-order valence-electron chi connectivity index (χ4n) is 2.30. The lowest BCUT2D eigenvalue weighted by atomic mass is 10.2. The number of benzene rings is 1. The number of amides is 1. The van der Waals surface area contributed by atoms with Gasteiger partial charge in [-0.3, -0.25) is 14.5 Å². The first-order chi connectivity index (χ1) is 11.5. The quantitative estimate of drug-likeness (QED) is 0.616. The molecule has 2 aliphatic heterocycles. The van der Waals surface area contributed by atoms with Crippen LogP contribution in [-0.4, -0.2) is 39.5 Å². The van der Waals surface area contributed by atoms with Crippen LogP contribution in [0.4, 0.5) is 0 Å². The molecule has 6 nitrogen and oxygen atoms in total. The number of thiocarbonyl (C=S) groups is 1. The Kier molecular flexibility index (Phi) is 4.98. The van der Waals surface area contributed by atoms with Crippen LogP contribution in [0.25, 0.3) is 6.08 Å². The molecule has 0 bridgehead atoms. The number of carbonyl (C=O) groups excluding carboxylic acids is 1. The fraction of sp³-hybridized carbons (Fsp3) is 0.267. The number of carboxylic acid groups (broad SMARTS) is 1. The largest absolute Gasteiger partial charge is 0.481 e. The van der Waals surface area contributed by atoms with Crippen LogP contribution in [0, 0.1) is 0 Å². The molecular formula is C15H12ClNO5S2. The van der Waals surface area contributed by atoms with Crippen LogP contribution in [0.2, 0.25) is 5.02 Å². The number of carbonyl (C=O) groups is 2. The van der Waals surface area contributed by atoms with Crippen molar-refractivity contribution in [1.29, 1.82) is 0 Å². The maximum Gasteiger partial charge on any atom is 0.303 e. The Labute approximate surface area is 152 Å². The molecule has 0 atom stereocenters. The van der Waals surface area contributed by atoms with Crippen molar-refractivity contribution >= 4 is 57.9 Å². The predicted octanol–water partition coefficient (Wildman–Crippen LogP) is 3.13. The summed E-state index contributed by atoms with van der Waals surface area (Å²) < 4.78 is 11.0. The van der Waals surface area contributed by atoms with Gasteiger partial charge in [-0.05, 0) is 30.2 Å². The molecule has 2 aliphatic rings. The van der Waals surface area contributed by atoms with Crippen molar-refractivity contribution in [1.82, 2.24) is 4.90 Å². The lowest BCUT2D eigenvalue weighted by Crippen LogP contribution is -2.29. The molecule has 0 aliphatic carbocycles. The van der Waals surface area contributed by atoms with Crippen molar-refractivity contribution in [2.75, 3.05) is 13.3 Å². The Hall–Kier alpha value is -1.77. The summed E-state index contributed by atoms with van der Waals surface area (Å²) in [6, 6.07) is 3.43. The zero-order valence-electron chi connectivity index (χ0n) is 12.3. The highest BCUT2D eigenvalue weighted by molar-refractivity contribution is 8.26. The number of nitrogens with zero attached hydrogens (tertiary/aromatic N) is 1. The number of carboxylic acids is 1. The second-order valence-corrected chi connectivity index (χ2v) is 7.15. The maximum atomic E-state index is 12.4. The Bertz CT molecular complexity index is 764. The predicted molar refractivity (Wildman–Crippen MR) is 94.3 cm³/mol. The van der Waals surface area contributed by atoms with Crippen molar-refractivity contribution in [2.45, 2.75) is 12.8 Å². The summed E-state index contributed by atoms with van der Waals surface area (Å²) in [4.78, 5) is 24.9. The van der Waals surface area contributed by atoms with Gasteiger partial charge in [0.15, 0.2) is 11.5 Å². The summed E-state index contributed by atoms with van der Waals surface area (Å²) in [5.41, 5.74) is 0.704. The van der Waals surface area contributed by atoms with E-state index in [1.165, 1.54) is 16.7 Å². The van der Waals surface area contributed by atoms with E-state index in [-0.39, 0.29) is 25.7 Å². The van der Waals surface area contributed by atoms with Gasteiger partial charge < -0.3 is 14.6 Å². The monoisotopic (exact) mass is 385 g/mol. The number of hydrogen-bond acceptors (Lipinski definition) is 6. The molecule has 24 heavy (non-hydrogen) atoms. The van der Waals surface area contributed by atoms with Gasteiger partial charge in [0.05, 0.1) is 9.93 Å². The van der Waals surface area contributed by atoms with E-state index in [1.807, 2.05) is 0 Å². The highest BCUT2D eigenvalue weighted by Crippen LogP contribution is 2.41. The first-order valence-corrected chi connectivity index (χ1v) is 8.62. The minimum Gasteiger partial charge on any atom is -0.481 e. The topological polar surface area (TPSA) is 76.1 Å². The molecule has 1 amide bonds. The number of ether oxygens (including phenoxy) is 2. The van der Waals surface area contributed by atoms with Crippen molar-refractivity contribution in [3.63, 3.8) is 0 Å². The number of aliphatic carboxylic acids is 1. The summed E-state index contributed by atoms with van der Waals surface area (Å²) in [5, 5.41) is 9.09. The van der Waals surface area contributed by atoms with Gasteiger partial charge in [-0.15, -0.1) is 0 Å². The minimum atomic E-state index is -0.897. The molecule has 1 aromatic carbocycles. The van der Waals surface area contributed by atoms with Gasteiger partial charge in [-0.1, -0.05) is 35.6 Å². The average molecular weight is 386 g/mol. The van der Waals surface area contributed by atoms with Crippen LogP contribution in [0.3, 0.4) is 0 Å². The van der Waals surface area contributed by atoms with Gasteiger partial charge in [0.1, 0.15) is 4.32 Å². The van der Waals surface area contributed by atoms with Crippen molar-refractivity contribution < 1.29 is 24.2 Å². The van der Waals surface area contributed by atoms with E-state index in [9.17, 15) is 9.59 Å². The Morgan fingerprint density at radius 1 is 1.46 bits per heavy atom. The van der Waals surface area contributed by atoms with Crippen molar-refractivity contribution in [3.05, 3.63) is 27.6 Å². The number of rotatable bonds is 5. The molecule has 1 fully saturated rings. The number of hydrogen-bond donors (Lipinski definition) is 1. The zero-order chi connectivity index (χ0) is 17.3. The summed E-state index contributed by atoms with van der Waals surface area (Å²) in [5.74, 6) is -0.101. The van der Waals surface area contributed by atoms with E-state index in [2.05, 4.69) is 0 Å². The molecule has 1 aromatic rings. The van der Waals surface area contributed by atoms with Gasteiger partial charge in [-0.2, -0.15) is 0 Å². The zero-order valence-corrected chi connectivity index (χ0v) is 14.7. The first-order valence-electron chi connectivity index (χ1n) is 7.02. The van der Waals surface area contributed by atoms with E-state index in [1.54, 1.807) is 18.2 Å². The van der Waals surface area contributed by atoms with Gasteiger partial charge in [-0.25, -0.2) is 0 Å². The van der Waals surface area contributed by atoms with Crippen LogP contribution in [0.15, 0.2) is 17.0 Å². The molecule has 0 aromatic heterocycles. The van der Waals surface area contributed by atoms with Crippen LogP contribution in [-0.2, 0) is 9.59 Å². The molecule has 0 spiro atoms. The average Bonchev–Trinajstić information content (AvgIpc) is 3.07. The third kappa shape index (κ3) is 3.50. The number of fused-ring (bicyclic) bond motifs is 1. The van der Waals surface area contributed by atoms with E-state index >= 15 is 0 Å². The third-order valence-electron chi connectivity index (χ3n) is 3.39. The van der Waals surface area contributed by atoms with Gasteiger partial charge in [0, 0.05) is 13.0 Å². The molecule has 9 heteroatoms. The van der Waals surface area contributed by atoms with Crippen LogP contribution in [0.1, 0.15) is 18.4 Å². The van der Waals surface area contributed by atoms with E-state index in [0.717, 1.165) is 0 Å². The minimum absolute atomic E-state index is 0.00607. The van der Waals surface area contributed by atoms with Gasteiger partial charge >= 0.3 is 5.97 Å². The normalized spacial score (nSPS) is 17.9. The standard InChI is InChI=1S/C15H12ClNO5S2/c16-9-4-8(5-10-13(9)22-7-21-10)6-11-14(20)17(15(23)24-11)3-1-2-12(18)19/h4-6H,1-3,7H2,(H,18,19)/b11-6+. The SMILES string of the molecule is O=C(O)CCCN1C(=O)/C(=C\c2cc(Cl)c3c(c2)OCO3)SC1=S. The summed E-state index contributed by atoms with van der Waals surface area (Å²) >= 11 is 12.5. The molecule has 126 valence electrons. The highest BCUT2D eigenvalue weighted by Gasteiger charge is 2.31. The summed E-state index contributed by atoms with van der Waals surface area (Å²) in [6.45, 7) is 0.403. The highest BCUT2D eigenvalue weighted by atomic mass is 35.5. The van der Waals surface area contributed by atoms with E-state index in [0.29, 0.717) is 37.7 Å². The number of thioether (sulfide) groups is 1. The Balaban J connectivity index is 1.77. The lowest BCUT2D eigenvalue weighted by molar-refractivity contribution is -0.137. The third-order valence-corrected chi connectivity index (χ3v) is 5.05. The maximum absolute atomic E-state index is 12.4. The van der Waals surface area contributed by atoms with Gasteiger partial charge in [0.2, 0.25) is 6.79 Å². The number of halogens is 1. The van der Waals surface area contributed by atoms with Crippen LogP contribution < -0.4 is 9.47 Å². The molecule has 0 saturated carbocycles. The van der Waals surface area contributed by atoms with Crippen LogP contribution >= 0.6 is 35.6 Å². The Morgan fingerprint density at radius 3 is 3.00 bits per heavy atom. The second kappa shape index (κ2) is 7.00. The lowest BCUT2D eigenvalue weighted by Gasteiger charge is -2.13. The van der Waals surface area contributed by atoms with E-state index in [4.69, 9.17) is 38.4 Å². The molecule has 0 radical (unpaired) electrons. The van der Waals surface area contributed by atoms with Crippen molar-refractivity contribution in [2.24, 2.45) is 0 Å². The van der Waals surface area contributed by atoms with E-state index < -0.39 is 5.97 Å². The Morgan fingerprint density at radius 2 is 2.25 bits per heavy atom. The first kappa shape index (κ1) is 17.1. The second-order valence-electron chi connectivity index (χ2n) is 5.07. The molecule has 2 heterocycles.